The van der Waals surface area contributed by atoms with Crippen LogP contribution < -0.4 is 10.5 Å². The number of amides is 1. The quantitative estimate of drug-likeness (QED) is 0.705. The molecule has 0 saturated heterocycles. The average molecular weight is 380 g/mol. The van der Waals surface area contributed by atoms with E-state index in [1.807, 2.05) is 32.0 Å². The molecule has 0 aliphatic rings. The van der Waals surface area contributed by atoms with Crippen LogP contribution in [0.5, 0.6) is 0 Å². The molecule has 1 aromatic heterocycles. The van der Waals surface area contributed by atoms with Crippen LogP contribution in [0.1, 0.15) is 35.5 Å². The van der Waals surface area contributed by atoms with E-state index in [0.29, 0.717) is 5.69 Å². The summed E-state index contributed by atoms with van der Waals surface area (Å²) in [7, 11) is -4.06. The molecule has 2 aromatic rings. The van der Waals surface area contributed by atoms with Crippen LogP contribution in [0.15, 0.2) is 39.8 Å². The Balaban J connectivity index is 2.01. The highest BCUT2D eigenvalue weighted by molar-refractivity contribution is 7.89. The summed E-state index contributed by atoms with van der Waals surface area (Å²) >= 11 is 0. The first-order valence-corrected chi connectivity index (χ1v) is 9.51. The smallest absolute Gasteiger partial charge is 0.374 e. The molecular weight excluding hydrogens is 360 g/mol. The number of nitrogens with two attached hydrogens (primary N) is 1. The zero-order valence-corrected chi connectivity index (χ0v) is 15.3. The van der Waals surface area contributed by atoms with Gasteiger partial charge in [-0.1, -0.05) is 32.0 Å². The number of sulfonamides is 1. The Labute approximate surface area is 151 Å². The zero-order chi connectivity index (χ0) is 19.3. The van der Waals surface area contributed by atoms with Crippen LogP contribution in [-0.2, 0) is 32.4 Å². The average Bonchev–Trinajstić information content (AvgIpc) is 3.10. The van der Waals surface area contributed by atoms with Crippen LogP contribution in [0, 0.1) is 0 Å². The minimum Gasteiger partial charge on any atom is -0.450 e. The van der Waals surface area contributed by atoms with E-state index < -0.39 is 33.6 Å². The second kappa shape index (κ2) is 8.15. The lowest BCUT2D eigenvalue weighted by molar-refractivity contribution is -0.119. The number of para-hydroxylation sites is 1. The summed E-state index contributed by atoms with van der Waals surface area (Å²) < 4.78 is 31.9. The lowest BCUT2D eigenvalue weighted by Crippen LogP contribution is -2.22. The Morgan fingerprint density at radius 3 is 2.23 bits per heavy atom. The molecule has 0 radical (unpaired) electrons. The Hall–Kier alpha value is -2.65. The number of carbonyl (C=O) groups is 2. The first-order chi connectivity index (χ1) is 12.3. The molecule has 1 amide bonds. The van der Waals surface area contributed by atoms with Crippen molar-refractivity contribution in [3.05, 3.63) is 47.2 Å². The number of benzene rings is 1. The van der Waals surface area contributed by atoms with Gasteiger partial charge in [0.15, 0.2) is 6.61 Å². The maximum atomic E-state index is 12.1. The molecule has 0 aliphatic heterocycles. The molecule has 9 heteroatoms. The zero-order valence-electron chi connectivity index (χ0n) is 14.4. The normalized spacial score (nSPS) is 11.2. The molecule has 2 rings (SSSR count). The predicted molar refractivity (Wildman–Crippen MR) is 94.2 cm³/mol. The fourth-order valence-electron chi connectivity index (χ4n) is 2.36. The Morgan fingerprint density at radius 1 is 1.12 bits per heavy atom. The fraction of sp³-hybridized carbons (Fsp3) is 0.294. The van der Waals surface area contributed by atoms with Crippen molar-refractivity contribution >= 4 is 27.6 Å². The molecule has 1 heterocycles. The van der Waals surface area contributed by atoms with Gasteiger partial charge in [-0.3, -0.25) is 4.79 Å². The molecule has 8 nitrogen and oxygen atoms in total. The minimum absolute atomic E-state index is 0.356. The number of hydrogen-bond acceptors (Lipinski definition) is 6. The minimum atomic E-state index is -4.06. The van der Waals surface area contributed by atoms with Crippen LogP contribution in [0.2, 0.25) is 0 Å². The number of esters is 1. The van der Waals surface area contributed by atoms with Crippen LogP contribution in [0.4, 0.5) is 5.69 Å². The topological polar surface area (TPSA) is 129 Å². The predicted octanol–water partition coefficient (Wildman–Crippen LogP) is 1.85. The molecule has 1 aromatic carbocycles. The lowest BCUT2D eigenvalue weighted by Gasteiger charge is -2.14. The van der Waals surface area contributed by atoms with Crippen molar-refractivity contribution in [2.24, 2.45) is 5.14 Å². The Morgan fingerprint density at radius 2 is 1.73 bits per heavy atom. The number of primary sulfonamides is 1. The van der Waals surface area contributed by atoms with Crippen molar-refractivity contribution in [3.8, 4) is 0 Å². The van der Waals surface area contributed by atoms with Gasteiger partial charge in [-0.15, -0.1) is 0 Å². The van der Waals surface area contributed by atoms with Crippen LogP contribution in [-0.4, -0.2) is 26.9 Å². The third-order valence-electron chi connectivity index (χ3n) is 3.66. The SMILES string of the molecule is CCc1cccc(CC)c1NC(=O)COC(=O)c1ccc(S(N)(=O)=O)o1. The van der Waals surface area contributed by atoms with Gasteiger partial charge < -0.3 is 14.5 Å². The number of aryl methyl sites for hydroxylation is 2. The van der Waals surface area contributed by atoms with Gasteiger partial charge in [0.25, 0.3) is 15.9 Å². The van der Waals surface area contributed by atoms with Crippen molar-refractivity contribution in [2.45, 2.75) is 31.8 Å². The molecular formula is C17H20N2O6S. The van der Waals surface area contributed by atoms with E-state index in [1.165, 1.54) is 0 Å². The highest BCUT2D eigenvalue weighted by atomic mass is 32.2. The summed E-state index contributed by atoms with van der Waals surface area (Å²) in [6.07, 6.45) is 1.48. The third-order valence-corrected chi connectivity index (χ3v) is 4.44. The van der Waals surface area contributed by atoms with E-state index in [0.717, 1.165) is 36.1 Å². The van der Waals surface area contributed by atoms with Crippen molar-refractivity contribution in [3.63, 3.8) is 0 Å². The molecule has 3 N–H and O–H groups in total. The van der Waals surface area contributed by atoms with Crippen molar-refractivity contribution in [1.82, 2.24) is 0 Å². The molecule has 0 fully saturated rings. The third kappa shape index (κ3) is 4.70. The van der Waals surface area contributed by atoms with Crippen LogP contribution in [0.3, 0.4) is 0 Å². The standard InChI is InChI=1S/C17H20N2O6S/c1-3-11-6-5-7-12(4-2)16(11)19-14(20)10-24-17(21)13-8-9-15(25-13)26(18,22)23/h5-9H,3-4,10H2,1-2H3,(H,19,20)(H2,18,22,23). The number of anilines is 1. The van der Waals surface area contributed by atoms with Gasteiger partial charge in [0.05, 0.1) is 0 Å². The highest BCUT2D eigenvalue weighted by Gasteiger charge is 2.19. The van der Waals surface area contributed by atoms with Crippen LogP contribution in [0.25, 0.3) is 0 Å². The Kier molecular flexibility index (Phi) is 6.17. The molecule has 0 unspecified atom stereocenters. The number of rotatable bonds is 7. The van der Waals surface area contributed by atoms with E-state index in [-0.39, 0.29) is 5.76 Å². The summed E-state index contributed by atoms with van der Waals surface area (Å²) in [4.78, 5) is 24.0. The van der Waals surface area contributed by atoms with Crippen molar-refractivity contribution in [2.75, 3.05) is 11.9 Å². The molecule has 0 atom stereocenters. The second-order valence-electron chi connectivity index (χ2n) is 5.45. The summed E-state index contributed by atoms with van der Waals surface area (Å²) in [5.74, 6) is -1.83. The van der Waals surface area contributed by atoms with Gasteiger partial charge in [0.2, 0.25) is 10.9 Å². The number of ether oxygens (including phenoxy) is 1. The number of furan rings is 1. The van der Waals surface area contributed by atoms with Gasteiger partial charge in [-0.25, -0.2) is 18.4 Å². The first-order valence-electron chi connectivity index (χ1n) is 7.96. The largest absolute Gasteiger partial charge is 0.450 e. The van der Waals surface area contributed by atoms with Gasteiger partial charge in [-0.2, -0.15) is 0 Å². The highest BCUT2D eigenvalue weighted by Crippen LogP contribution is 2.22. The maximum Gasteiger partial charge on any atom is 0.374 e. The number of hydrogen-bond donors (Lipinski definition) is 2. The van der Waals surface area contributed by atoms with Crippen molar-refractivity contribution in [1.29, 1.82) is 0 Å². The lowest BCUT2D eigenvalue weighted by atomic mass is 10.0. The molecule has 0 bridgehead atoms. The van der Waals surface area contributed by atoms with Gasteiger partial charge in [-0.05, 0) is 36.1 Å². The summed E-state index contributed by atoms with van der Waals surface area (Å²) in [5.41, 5.74) is 2.67. The van der Waals surface area contributed by atoms with E-state index in [9.17, 15) is 18.0 Å². The maximum absolute atomic E-state index is 12.1. The summed E-state index contributed by atoms with van der Waals surface area (Å²) in [6, 6.07) is 7.91. The number of carbonyl (C=O) groups excluding carboxylic acids is 2. The summed E-state index contributed by atoms with van der Waals surface area (Å²) in [5, 5.41) is 7.09. The number of nitrogens with one attached hydrogen (secondary N) is 1. The van der Waals surface area contributed by atoms with Crippen LogP contribution >= 0.6 is 0 Å². The van der Waals surface area contributed by atoms with Gasteiger partial charge in [0, 0.05) is 5.69 Å². The van der Waals surface area contributed by atoms with E-state index in [4.69, 9.17) is 14.3 Å². The monoisotopic (exact) mass is 380 g/mol. The van der Waals surface area contributed by atoms with E-state index >= 15 is 0 Å². The fourth-order valence-corrected chi connectivity index (χ4v) is 2.83. The molecule has 0 saturated carbocycles. The van der Waals surface area contributed by atoms with Gasteiger partial charge >= 0.3 is 5.97 Å². The molecule has 140 valence electrons. The first kappa shape index (κ1) is 19.7. The Bertz CT molecular complexity index is 895. The van der Waals surface area contributed by atoms with E-state index in [1.54, 1.807) is 0 Å². The summed E-state index contributed by atoms with van der Waals surface area (Å²) in [6.45, 7) is 3.42. The second-order valence-corrected chi connectivity index (χ2v) is 6.94. The molecule has 0 spiro atoms. The van der Waals surface area contributed by atoms with Gasteiger partial charge in [0.1, 0.15) is 0 Å². The molecule has 0 aliphatic carbocycles. The molecule has 26 heavy (non-hydrogen) atoms. The van der Waals surface area contributed by atoms with E-state index in [2.05, 4.69) is 5.32 Å². The van der Waals surface area contributed by atoms with Crippen molar-refractivity contribution < 1.29 is 27.2 Å².